The van der Waals surface area contributed by atoms with Gasteiger partial charge in [0.15, 0.2) is 0 Å². The number of fused-ring (bicyclic) bond motifs is 1. The third-order valence-corrected chi connectivity index (χ3v) is 6.19. The lowest BCUT2D eigenvalue weighted by atomic mass is 9.84. The Hall–Kier alpha value is -2.54. The Morgan fingerprint density at radius 3 is 2.11 bits per heavy atom. The van der Waals surface area contributed by atoms with E-state index in [9.17, 15) is 0 Å². The zero-order valence-electron chi connectivity index (χ0n) is 18.2. The molecule has 28 heavy (non-hydrogen) atoms. The zero-order valence-corrected chi connectivity index (χ0v) is 18.2. The van der Waals surface area contributed by atoms with E-state index in [1.807, 2.05) is 6.92 Å². The molecule has 2 aromatic carbocycles. The largest absolute Gasteiger partial charge is 0.461 e. The second-order valence-electron chi connectivity index (χ2n) is 9.29. The van der Waals surface area contributed by atoms with Crippen molar-refractivity contribution in [3.8, 4) is 11.1 Å². The molecule has 1 aliphatic carbocycles. The SMILES string of the molecule is Cc1cc(C2=Cc3c(cc(C)c(C)c3-c3ccc(C(C)(C)C)cc3)C2)oc1C. The Kier molecular flexibility index (Phi) is 4.38. The molecule has 0 atom stereocenters. The van der Waals surface area contributed by atoms with E-state index in [1.54, 1.807) is 0 Å². The third-order valence-electron chi connectivity index (χ3n) is 6.19. The molecule has 1 nitrogen and oxygen atoms in total. The fourth-order valence-corrected chi connectivity index (χ4v) is 4.15. The molecule has 0 spiro atoms. The van der Waals surface area contributed by atoms with Crippen molar-refractivity contribution in [1.82, 2.24) is 0 Å². The van der Waals surface area contributed by atoms with Crippen LogP contribution in [-0.4, -0.2) is 0 Å². The van der Waals surface area contributed by atoms with Gasteiger partial charge in [0.2, 0.25) is 0 Å². The van der Waals surface area contributed by atoms with E-state index in [1.165, 1.54) is 50.1 Å². The van der Waals surface area contributed by atoms with E-state index in [0.717, 1.165) is 17.9 Å². The van der Waals surface area contributed by atoms with Crippen molar-refractivity contribution < 1.29 is 4.42 Å². The van der Waals surface area contributed by atoms with Gasteiger partial charge in [0.1, 0.15) is 11.5 Å². The quantitative estimate of drug-likeness (QED) is 0.453. The summed E-state index contributed by atoms with van der Waals surface area (Å²) >= 11 is 0. The maximum atomic E-state index is 6.02. The Bertz CT molecular complexity index is 1060. The average molecular weight is 371 g/mol. The number of furan rings is 1. The van der Waals surface area contributed by atoms with Crippen LogP contribution in [0.2, 0.25) is 0 Å². The molecular weight excluding hydrogens is 340 g/mol. The zero-order chi connectivity index (χ0) is 20.2. The lowest BCUT2D eigenvalue weighted by Gasteiger charge is -2.20. The van der Waals surface area contributed by atoms with Crippen LogP contribution in [0.4, 0.5) is 0 Å². The van der Waals surface area contributed by atoms with E-state index in [0.29, 0.717) is 0 Å². The van der Waals surface area contributed by atoms with Gasteiger partial charge in [-0.15, -0.1) is 0 Å². The molecule has 1 aromatic heterocycles. The fourth-order valence-electron chi connectivity index (χ4n) is 4.15. The highest BCUT2D eigenvalue weighted by atomic mass is 16.3. The lowest BCUT2D eigenvalue weighted by Crippen LogP contribution is -2.10. The topological polar surface area (TPSA) is 13.1 Å². The molecule has 0 fully saturated rings. The number of benzene rings is 2. The van der Waals surface area contributed by atoms with E-state index in [-0.39, 0.29) is 5.41 Å². The smallest absolute Gasteiger partial charge is 0.130 e. The molecule has 0 saturated carbocycles. The number of aryl methyl sites for hydroxylation is 3. The summed E-state index contributed by atoms with van der Waals surface area (Å²) in [5.74, 6) is 2.02. The van der Waals surface area contributed by atoms with Crippen molar-refractivity contribution in [3.63, 3.8) is 0 Å². The van der Waals surface area contributed by atoms with Crippen molar-refractivity contribution in [2.24, 2.45) is 0 Å². The van der Waals surface area contributed by atoms with Crippen LogP contribution >= 0.6 is 0 Å². The molecule has 0 N–H and O–H groups in total. The molecule has 144 valence electrons. The standard InChI is InChI=1S/C27H30O/c1-16-12-21-14-22(25-13-17(2)19(4)28-25)15-24(21)26(18(16)3)20-8-10-23(11-9-20)27(5,6)7/h8-13,15H,14H2,1-7H3. The first-order chi connectivity index (χ1) is 13.1. The van der Waals surface area contributed by atoms with Gasteiger partial charge in [-0.2, -0.15) is 0 Å². The van der Waals surface area contributed by atoms with Crippen molar-refractivity contribution in [3.05, 3.63) is 81.3 Å². The number of allylic oxidation sites excluding steroid dienone is 1. The summed E-state index contributed by atoms with van der Waals surface area (Å²) in [4.78, 5) is 0. The minimum absolute atomic E-state index is 0.171. The predicted octanol–water partition coefficient (Wildman–Crippen LogP) is 7.57. The van der Waals surface area contributed by atoms with Crippen LogP contribution < -0.4 is 0 Å². The van der Waals surface area contributed by atoms with Gasteiger partial charge >= 0.3 is 0 Å². The van der Waals surface area contributed by atoms with Crippen LogP contribution in [0.3, 0.4) is 0 Å². The second-order valence-corrected chi connectivity index (χ2v) is 9.29. The normalized spacial score (nSPS) is 13.6. The van der Waals surface area contributed by atoms with Crippen LogP contribution in [0.5, 0.6) is 0 Å². The number of rotatable bonds is 2. The fraction of sp³-hybridized carbons (Fsp3) is 0.333. The van der Waals surface area contributed by atoms with E-state index in [4.69, 9.17) is 4.42 Å². The van der Waals surface area contributed by atoms with Crippen LogP contribution in [0.1, 0.15) is 65.7 Å². The Morgan fingerprint density at radius 1 is 0.857 bits per heavy atom. The summed E-state index contributed by atoms with van der Waals surface area (Å²) in [6, 6.07) is 13.7. The first kappa shape index (κ1) is 18.8. The molecule has 1 heterocycles. The van der Waals surface area contributed by atoms with Gasteiger partial charge in [-0.1, -0.05) is 51.1 Å². The van der Waals surface area contributed by atoms with Crippen molar-refractivity contribution in [2.75, 3.05) is 0 Å². The maximum absolute atomic E-state index is 6.02. The average Bonchev–Trinajstić information content (AvgIpc) is 3.19. The summed E-state index contributed by atoms with van der Waals surface area (Å²) in [5.41, 5.74) is 12.2. The highest BCUT2D eigenvalue weighted by molar-refractivity contribution is 5.94. The lowest BCUT2D eigenvalue weighted by molar-refractivity contribution is 0.518. The summed E-state index contributed by atoms with van der Waals surface area (Å²) in [7, 11) is 0. The molecule has 0 unspecified atom stereocenters. The van der Waals surface area contributed by atoms with Gasteiger partial charge < -0.3 is 4.42 Å². The van der Waals surface area contributed by atoms with E-state index >= 15 is 0 Å². The second kappa shape index (κ2) is 6.51. The van der Waals surface area contributed by atoms with Crippen LogP contribution in [0.15, 0.2) is 40.8 Å². The number of hydrogen-bond acceptors (Lipinski definition) is 1. The summed E-state index contributed by atoms with van der Waals surface area (Å²) < 4.78 is 6.02. The monoisotopic (exact) mass is 370 g/mol. The molecule has 0 bridgehead atoms. The molecule has 0 amide bonds. The van der Waals surface area contributed by atoms with Crippen molar-refractivity contribution in [2.45, 2.75) is 60.3 Å². The summed E-state index contributed by atoms with van der Waals surface area (Å²) in [6.45, 7) is 15.4. The highest BCUT2D eigenvalue weighted by Crippen LogP contribution is 2.41. The minimum atomic E-state index is 0.171. The van der Waals surface area contributed by atoms with Crippen LogP contribution in [-0.2, 0) is 11.8 Å². The maximum Gasteiger partial charge on any atom is 0.130 e. The Balaban J connectivity index is 1.84. The summed E-state index contributed by atoms with van der Waals surface area (Å²) in [5, 5.41) is 0. The van der Waals surface area contributed by atoms with Gasteiger partial charge in [0.25, 0.3) is 0 Å². The van der Waals surface area contributed by atoms with Gasteiger partial charge in [0.05, 0.1) is 0 Å². The molecule has 0 saturated heterocycles. The van der Waals surface area contributed by atoms with Gasteiger partial charge in [0, 0.05) is 6.42 Å². The molecule has 0 aliphatic heterocycles. The molecule has 1 heteroatoms. The van der Waals surface area contributed by atoms with Gasteiger partial charge in [-0.05, 0) is 95.3 Å². The van der Waals surface area contributed by atoms with Gasteiger partial charge in [-0.3, -0.25) is 0 Å². The third kappa shape index (κ3) is 3.13. The van der Waals surface area contributed by atoms with Gasteiger partial charge in [-0.25, -0.2) is 0 Å². The first-order valence-corrected chi connectivity index (χ1v) is 10.2. The predicted molar refractivity (Wildman–Crippen MR) is 120 cm³/mol. The Morgan fingerprint density at radius 2 is 1.54 bits per heavy atom. The Labute approximate surface area is 169 Å². The molecular formula is C27H30O. The molecule has 4 rings (SSSR count). The minimum Gasteiger partial charge on any atom is -0.461 e. The van der Waals surface area contributed by atoms with Crippen LogP contribution in [0.25, 0.3) is 22.8 Å². The van der Waals surface area contributed by atoms with Crippen LogP contribution in [0, 0.1) is 27.7 Å². The highest BCUT2D eigenvalue weighted by Gasteiger charge is 2.23. The molecule has 1 aliphatic rings. The van der Waals surface area contributed by atoms with E-state index in [2.05, 4.69) is 84.0 Å². The molecule has 0 radical (unpaired) electrons. The molecule has 3 aromatic rings. The first-order valence-electron chi connectivity index (χ1n) is 10.2. The van der Waals surface area contributed by atoms with Crippen molar-refractivity contribution >= 4 is 11.6 Å². The number of hydrogen-bond donors (Lipinski definition) is 0. The van der Waals surface area contributed by atoms with E-state index < -0.39 is 0 Å². The van der Waals surface area contributed by atoms with Crippen molar-refractivity contribution in [1.29, 1.82) is 0 Å². The summed E-state index contributed by atoms with van der Waals surface area (Å²) in [6.07, 6.45) is 3.28.